The second-order valence-electron chi connectivity index (χ2n) is 5.80. The number of fused-ring (bicyclic) bond motifs is 1. The van der Waals surface area contributed by atoms with Crippen molar-refractivity contribution in [3.63, 3.8) is 0 Å². The van der Waals surface area contributed by atoms with Crippen LogP contribution in [0.1, 0.15) is 42.1 Å². The molecule has 1 saturated heterocycles. The minimum absolute atomic E-state index is 0.282. The van der Waals surface area contributed by atoms with Crippen LogP contribution in [0.25, 0.3) is 0 Å². The number of carboxylic acid groups (broad SMARTS) is 1. The molecular formula is C16H21NO3. The molecular weight excluding hydrogens is 254 g/mol. The Bertz CT molecular complexity index is 514. The normalized spacial score (nSPS) is 25.6. The van der Waals surface area contributed by atoms with Crippen molar-refractivity contribution in [1.82, 2.24) is 0 Å². The molecule has 2 aliphatic heterocycles. The first-order chi connectivity index (χ1) is 9.65. The summed E-state index contributed by atoms with van der Waals surface area (Å²) in [6.07, 6.45) is 4.74. The zero-order valence-corrected chi connectivity index (χ0v) is 11.8. The second kappa shape index (κ2) is 5.44. The highest BCUT2D eigenvalue weighted by Gasteiger charge is 2.27. The second-order valence-corrected chi connectivity index (χ2v) is 5.80. The lowest BCUT2D eigenvalue weighted by Crippen LogP contribution is -2.36. The first kappa shape index (κ1) is 13.4. The fraction of sp³-hybridized carbons (Fsp3) is 0.562. The molecule has 0 saturated carbocycles. The van der Waals surface area contributed by atoms with Gasteiger partial charge in [0.25, 0.3) is 0 Å². The minimum Gasteiger partial charge on any atom is -0.478 e. The molecule has 2 unspecified atom stereocenters. The third kappa shape index (κ3) is 2.52. The van der Waals surface area contributed by atoms with Crippen LogP contribution in [0.2, 0.25) is 0 Å². The summed E-state index contributed by atoms with van der Waals surface area (Å²) in [5.74, 6) is -0.825. The fourth-order valence-corrected chi connectivity index (χ4v) is 3.36. The topological polar surface area (TPSA) is 49.8 Å². The number of nitrogens with zero attached hydrogens (tertiary/aromatic N) is 1. The predicted octanol–water partition coefficient (Wildman–Crippen LogP) is 2.70. The summed E-state index contributed by atoms with van der Waals surface area (Å²) in [4.78, 5) is 13.6. The molecule has 4 nitrogen and oxygen atoms in total. The molecule has 1 aromatic rings. The maximum Gasteiger partial charge on any atom is 0.336 e. The van der Waals surface area contributed by atoms with Gasteiger partial charge in [0, 0.05) is 18.8 Å². The van der Waals surface area contributed by atoms with E-state index in [0.717, 1.165) is 50.0 Å². The smallest absolute Gasteiger partial charge is 0.336 e. The van der Waals surface area contributed by atoms with Crippen LogP contribution < -0.4 is 4.90 Å². The first-order valence-corrected chi connectivity index (χ1v) is 7.40. The number of carbonyl (C=O) groups is 1. The molecule has 2 atom stereocenters. The monoisotopic (exact) mass is 275 g/mol. The molecule has 4 heteroatoms. The van der Waals surface area contributed by atoms with Gasteiger partial charge in [-0.3, -0.25) is 0 Å². The highest BCUT2D eigenvalue weighted by atomic mass is 16.5. The van der Waals surface area contributed by atoms with Crippen LogP contribution in [-0.4, -0.2) is 36.4 Å². The Balaban J connectivity index is 1.83. The van der Waals surface area contributed by atoms with E-state index in [9.17, 15) is 9.90 Å². The van der Waals surface area contributed by atoms with Crippen LogP contribution in [-0.2, 0) is 11.2 Å². The fourth-order valence-electron chi connectivity index (χ4n) is 3.36. The summed E-state index contributed by atoms with van der Waals surface area (Å²) in [5, 5.41) is 9.30. The van der Waals surface area contributed by atoms with Gasteiger partial charge in [-0.25, -0.2) is 4.79 Å². The van der Waals surface area contributed by atoms with Crippen molar-refractivity contribution in [2.75, 3.05) is 18.0 Å². The van der Waals surface area contributed by atoms with Crippen LogP contribution in [0.4, 0.5) is 5.69 Å². The van der Waals surface area contributed by atoms with Gasteiger partial charge in [-0.2, -0.15) is 0 Å². The molecule has 0 amide bonds. The van der Waals surface area contributed by atoms with E-state index in [0.29, 0.717) is 11.7 Å². The lowest BCUT2D eigenvalue weighted by molar-refractivity contribution is 0.0598. The van der Waals surface area contributed by atoms with E-state index in [2.05, 4.69) is 11.8 Å². The quantitative estimate of drug-likeness (QED) is 0.921. The van der Waals surface area contributed by atoms with Gasteiger partial charge in [-0.1, -0.05) is 6.07 Å². The van der Waals surface area contributed by atoms with E-state index in [-0.39, 0.29) is 6.10 Å². The molecule has 1 fully saturated rings. The number of hydrogen-bond acceptors (Lipinski definition) is 3. The summed E-state index contributed by atoms with van der Waals surface area (Å²) in [6, 6.07) is 5.59. The van der Waals surface area contributed by atoms with Crippen molar-refractivity contribution in [2.45, 2.75) is 44.8 Å². The van der Waals surface area contributed by atoms with Crippen molar-refractivity contribution in [1.29, 1.82) is 0 Å². The number of rotatable bonds is 3. The summed E-state index contributed by atoms with van der Waals surface area (Å²) < 4.78 is 5.90. The Labute approximate surface area is 119 Å². The molecule has 0 spiro atoms. The SMILES string of the molecule is CC1CCC(CN2CCCc3c(C(=O)O)cccc32)O1. The number of anilines is 1. The highest BCUT2D eigenvalue weighted by Crippen LogP contribution is 2.31. The number of ether oxygens (including phenoxy) is 1. The standard InChI is InChI=1S/C16H21NO3/c1-11-7-8-12(20-11)10-17-9-3-5-13-14(16(18)19)4-2-6-15(13)17/h2,4,6,11-12H,3,5,7-10H2,1H3,(H,18,19). The van der Waals surface area contributed by atoms with E-state index < -0.39 is 5.97 Å². The van der Waals surface area contributed by atoms with Crippen molar-refractivity contribution in [3.05, 3.63) is 29.3 Å². The van der Waals surface area contributed by atoms with Crippen molar-refractivity contribution >= 4 is 11.7 Å². The molecule has 0 radical (unpaired) electrons. The number of hydrogen-bond donors (Lipinski definition) is 1. The van der Waals surface area contributed by atoms with Gasteiger partial charge in [-0.15, -0.1) is 0 Å². The summed E-state index contributed by atoms with van der Waals surface area (Å²) >= 11 is 0. The van der Waals surface area contributed by atoms with Gasteiger partial charge < -0.3 is 14.7 Å². The predicted molar refractivity (Wildman–Crippen MR) is 77.5 cm³/mol. The van der Waals surface area contributed by atoms with Gasteiger partial charge in [0.15, 0.2) is 0 Å². The maximum absolute atomic E-state index is 11.3. The van der Waals surface area contributed by atoms with E-state index in [1.165, 1.54) is 0 Å². The first-order valence-electron chi connectivity index (χ1n) is 7.40. The molecule has 2 heterocycles. The molecule has 3 rings (SSSR count). The largest absolute Gasteiger partial charge is 0.478 e. The zero-order chi connectivity index (χ0) is 14.1. The zero-order valence-electron chi connectivity index (χ0n) is 11.8. The van der Waals surface area contributed by atoms with Crippen LogP contribution in [0.3, 0.4) is 0 Å². The Kier molecular flexibility index (Phi) is 3.66. The third-order valence-electron chi connectivity index (χ3n) is 4.32. The number of carboxylic acids is 1. The molecule has 2 aliphatic rings. The minimum atomic E-state index is -0.825. The number of benzene rings is 1. The van der Waals surface area contributed by atoms with Crippen LogP contribution >= 0.6 is 0 Å². The van der Waals surface area contributed by atoms with Gasteiger partial charge >= 0.3 is 5.97 Å². The lowest BCUT2D eigenvalue weighted by Gasteiger charge is -2.33. The molecule has 1 aromatic carbocycles. The Morgan fingerprint density at radius 1 is 1.45 bits per heavy atom. The summed E-state index contributed by atoms with van der Waals surface area (Å²) in [7, 11) is 0. The Hall–Kier alpha value is -1.55. The van der Waals surface area contributed by atoms with Gasteiger partial charge in [0.05, 0.1) is 17.8 Å². The molecule has 0 aromatic heterocycles. The van der Waals surface area contributed by atoms with E-state index in [1.54, 1.807) is 6.07 Å². The third-order valence-corrected chi connectivity index (χ3v) is 4.32. The van der Waals surface area contributed by atoms with E-state index in [1.807, 2.05) is 12.1 Å². The van der Waals surface area contributed by atoms with E-state index in [4.69, 9.17) is 4.74 Å². The van der Waals surface area contributed by atoms with Crippen LogP contribution in [0.5, 0.6) is 0 Å². The maximum atomic E-state index is 11.3. The van der Waals surface area contributed by atoms with Crippen LogP contribution in [0.15, 0.2) is 18.2 Å². The average Bonchev–Trinajstić information content (AvgIpc) is 2.84. The number of aromatic carboxylic acids is 1. The molecule has 20 heavy (non-hydrogen) atoms. The van der Waals surface area contributed by atoms with Crippen molar-refractivity contribution in [2.24, 2.45) is 0 Å². The van der Waals surface area contributed by atoms with Gasteiger partial charge in [0.2, 0.25) is 0 Å². The average molecular weight is 275 g/mol. The molecule has 0 bridgehead atoms. The van der Waals surface area contributed by atoms with Crippen molar-refractivity contribution < 1.29 is 14.6 Å². The van der Waals surface area contributed by atoms with Crippen molar-refractivity contribution in [3.8, 4) is 0 Å². The lowest BCUT2D eigenvalue weighted by atomic mass is 9.96. The summed E-state index contributed by atoms with van der Waals surface area (Å²) in [6.45, 7) is 3.98. The molecule has 1 N–H and O–H groups in total. The van der Waals surface area contributed by atoms with Gasteiger partial charge in [-0.05, 0) is 50.3 Å². The Morgan fingerprint density at radius 2 is 2.30 bits per heavy atom. The Morgan fingerprint density at radius 3 is 3.00 bits per heavy atom. The van der Waals surface area contributed by atoms with E-state index >= 15 is 0 Å². The molecule has 0 aliphatic carbocycles. The van der Waals surface area contributed by atoms with Gasteiger partial charge in [0.1, 0.15) is 0 Å². The molecule has 108 valence electrons. The summed E-state index contributed by atoms with van der Waals surface area (Å²) in [5.41, 5.74) is 2.52. The highest BCUT2D eigenvalue weighted by molar-refractivity contribution is 5.91. The van der Waals surface area contributed by atoms with Crippen LogP contribution in [0, 0.1) is 0 Å².